The second-order valence-corrected chi connectivity index (χ2v) is 4.81. The minimum absolute atomic E-state index is 0.0387. The van der Waals surface area contributed by atoms with Gasteiger partial charge >= 0.3 is 0 Å². The predicted octanol–water partition coefficient (Wildman–Crippen LogP) is 3.60. The highest BCUT2D eigenvalue weighted by Crippen LogP contribution is 2.38. The van der Waals surface area contributed by atoms with Gasteiger partial charge in [-0.25, -0.2) is 4.39 Å². The molecular weight excluding hydrogens is 183 g/mol. The lowest BCUT2D eigenvalue weighted by molar-refractivity contribution is 0.589. The van der Waals surface area contributed by atoms with Gasteiger partial charge in [0, 0.05) is 16.2 Å². The fraction of sp³-hybridized carbons (Fsp3) is 0.455. The molecule has 70 valence electrons. The molecule has 0 nitrogen and oxygen atoms in total. The van der Waals surface area contributed by atoms with Gasteiger partial charge in [-0.15, -0.1) is 11.8 Å². The molecule has 1 aliphatic heterocycles. The first kappa shape index (κ1) is 9.07. The Kier molecular flexibility index (Phi) is 2.33. The van der Waals surface area contributed by atoms with E-state index in [0.717, 1.165) is 17.7 Å². The normalized spacial score (nSPS) is 15.1. The lowest BCUT2D eigenvalue weighted by Gasteiger charge is -2.11. The molecule has 1 aromatic rings. The molecule has 0 radical (unpaired) electrons. The van der Waals surface area contributed by atoms with Crippen molar-refractivity contribution < 1.29 is 4.39 Å². The molecule has 0 bridgehead atoms. The SMILES string of the molecule is CC(C)c1c(F)ccc2c1SCC2. The van der Waals surface area contributed by atoms with Crippen LogP contribution in [0.2, 0.25) is 0 Å². The van der Waals surface area contributed by atoms with Gasteiger partial charge in [-0.2, -0.15) is 0 Å². The highest BCUT2D eigenvalue weighted by atomic mass is 32.2. The van der Waals surface area contributed by atoms with E-state index in [1.54, 1.807) is 17.8 Å². The van der Waals surface area contributed by atoms with Gasteiger partial charge in [-0.3, -0.25) is 0 Å². The van der Waals surface area contributed by atoms with Crippen molar-refractivity contribution in [3.63, 3.8) is 0 Å². The van der Waals surface area contributed by atoms with E-state index in [4.69, 9.17) is 0 Å². The van der Waals surface area contributed by atoms with Crippen LogP contribution in [0.1, 0.15) is 30.9 Å². The Morgan fingerprint density at radius 1 is 1.38 bits per heavy atom. The topological polar surface area (TPSA) is 0 Å². The minimum atomic E-state index is -0.0387. The van der Waals surface area contributed by atoms with Gasteiger partial charge in [0.05, 0.1) is 0 Å². The highest BCUT2D eigenvalue weighted by Gasteiger charge is 2.20. The van der Waals surface area contributed by atoms with Crippen molar-refractivity contribution in [2.75, 3.05) is 5.75 Å². The molecule has 2 rings (SSSR count). The van der Waals surface area contributed by atoms with Crippen LogP contribution in [-0.2, 0) is 6.42 Å². The third-order valence-electron chi connectivity index (χ3n) is 2.42. The van der Waals surface area contributed by atoms with Crippen molar-refractivity contribution in [1.29, 1.82) is 0 Å². The van der Waals surface area contributed by atoms with Crippen molar-refractivity contribution in [2.24, 2.45) is 0 Å². The van der Waals surface area contributed by atoms with Crippen molar-refractivity contribution in [3.05, 3.63) is 29.1 Å². The molecule has 13 heavy (non-hydrogen) atoms. The largest absolute Gasteiger partial charge is 0.207 e. The molecule has 1 aromatic carbocycles. The second kappa shape index (κ2) is 3.33. The quantitative estimate of drug-likeness (QED) is 0.661. The van der Waals surface area contributed by atoms with Gasteiger partial charge in [0.25, 0.3) is 0 Å². The van der Waals surface area contributed by atoms with E-state index < -0.39 is 0 Å². The summed E-state index contributed by atoms with van der Waals surface area (Å²) in [5, 5.41) is 0. The van der Waals surface area contributed by atoms with Gasteiger partial charge in [0.15, 0.2) is 0 Å². The van der Waals surface area contributed by atoms with Crippen molar-refractivity contribution in [1.82, 2.24) is 0 Å². The number of thioether (sulfide) groups is 1. The van der Waals surface area contributed by atoms with Crippen LogP contribution in [0.3, 0.4) is 0 Å². The summed E-state index contributed by atoms with van der Waals surface area (Å²) in [6.07, 6.45) is 1.10. The molecule has 0 spiro atoms. The summed E-state index contributed by atoms with van der Waals surface area (Å²) in [6, 6.07) is 3.54. The molecule has 0 amide bonds. The Morgan fingerprint density at radius 3 is 2.85 bits per heavy atom. The van der Waals surface area contributed by atoms with E-state index in [2.05, 4.69) is 13.8 Å². The van der Waals surface area contributed by atoms with Crippen LogP contribution < -0.4 is 0 Å². The molecule has 0 fully saturated rings. The van der Waals surface area contributed by atoms with Crippen LogP contribution in [0.25, 0.3) is 0 Å². The zero-order chi connectivity index (χ0) is 9.42. The van der Waals surface area contributed by atoms with Crippen molar-refractivity contribution in [2.45, 2.75) is 31.1 Å². The number of benzene rings is 1. The molecule has 1 aliphatic rings. The average Bonchev–Trinajstić information content (AvgIpc) is 2.50. The van der Waals surface area contributed by atoms with Crippen LogP contribution in [0.4, 0.5) is 4.39 Å². The maximum absolute atomic E-state index is 13.5. The van der Waals surface area contributed by atoms with E-state index in [9.17, 15) is 4.39 Å². The van der Waals surface area contributed by atoms with E-state index in [-0.39, 0.29) is 5.82 Å². The second-order valence-electron chi connectivity index (χ2n) is 3.70. The third-order valence-corrected chi connectivity index (χ3v) is 3.60. The Morgan fingerprint density at radius 2 is 2.15 bits per heavy atom. The zero-order valence-corrected chi connectivity index (χ0v) is 8.75. The van der Waals surface area contributed by atoms with E-state index in [0.29, 0.717) is 5.92 Å². The lowest BCUT2D eigenvalue weighted by Crippen LogP contribution is -1.96. The van der Waals surface area contributed by atoms with Gasteiger partial charge in [0.1, 0.15) is 5.82 Å². The lowest BCUT2D eigenvalue weighted by atomic mass is 9.99. The standard InChI is InChI=1S/C11H13FS/c1-7(2)10-9(12)4-3-8-5-6-13-11(8)10/h3-4,7H,5-6H2,1-2H3. The van der Waals surface area contributed by atoms with Crippen LogP contribution in [0.5, 0.6) is 0 Å². The first-order valence-corrected chi connectivity index (χ1v) is 5.62. The molecule has 0 N–H and O–H groups in total. The van der Waals surface area contributed by atoms with Gasteiger partial charge in [-0.1, -0.05) is 19.9 Å². The maximum Gasteiger partial charge on any atom is 0.127 e. The van der Waals surface area contributed by atoms with Gasteiger partial charge in [-0.05, 0) is 24.0 Å². The maximum atomic E-state index is 13.5. The van der Waals surface area contributed by atoms with Crippen LogP contribution >= 0.6 is 11.8 Å². The molecule has 0 atom stereocenters. The number of hydrogen-bond acceptors (Lipinski definition) is 1. The summed E-state index contributed by atoms with van der Waals surface area (Å²) >= 11 is 1.80. The molecular formula is C11H13FS. The number of hydrogen-bond donors (Lipinski definition) is 0. The zero-order valence-electron chi connectivity index (χ0n) is 7.93. The third kappa shape index (κ3) is 1.48. The highest BCUT2D eigenvalue weighted by molar-refractivity contribution is 7.99. The van der Waals surface area contributed by atoms with Crippen LogP contribution in [-0.4, -0.2) is 5.75 Å². The summed E-state index contributed by atoms with van der Waals surface area (Å²) in [5.74, 6) is 1.36. The summed E-state index contributed by atoms with van der Waals surface area (Å²) in [4.78, 5) is 1.20. The molecule has 0 aromatic heterocycles. The van der Waals surface area contributed by atoms with E-state index in [1.807, 2.05) is 6.07 Å². The first-order chi connectivity index (χ1) is 6.20. The minimum Gasteiger partial charge on any atom is -0.207 e. The molecule has 2 heteroatoms. The number of halogens is 1. The Hall–Kier alpha value is -0.500. The first-order valence-electron chi connectivity index (χ1n) is 4.64. The van der Waals surface area contributed by atoms with Crippen molar-refractivity contribution in [3.8, 4) is 0 Å². The molecule has 1 heterocycles. The summed E-state index contributed by atoms with van der Waals surface area (Å²) in [6.45, 7) is 4.11. The van der Waals surface area contributed by atoms with Crippen LogP contribution in [0.15, 0.2) is 17.0 Å². The Balaban J connectivity index is 2.58. The van der Waals surface area contributed by atoms with Crippen LogP contribution in [0, 0.1) is 5.82 Å². The van der Waals surface area contributed by atoms with Gasteiger partial charge in [0.2, 0.25) is 0 Å². The fourth-order valence-electron chi connectivity index (χ4n) is 1.79. The molecule has 0 saturated heterocycles. The molecule has 0 aliphatic carbocycles. The van der Waals surface area contributed by atoms with Crippen molar-refractivity contribution >= 4 is 11.8 Å². The Labute approximate surface area is 82.5 Å². The number of aryl methyl sites for hydroxylation is 1. The van der Waals surface area contributed by atoms with E-state index in [1.165, 1.54) is 10.5 Å². The number of fused-ring (bicyclic) bond motifs is 1. The van der Waals surface area contributed by atoms with Gasteiger partial charge < -0.3 is 0 Å². The number of rotatable bonds is 1. The average molecular weight is 196 g/mol. The fourth-order valence-corrected chi connectivity index (χ4v) is 3.16. The smallest absolute Gasteiger partial charge is 0.127 e. The molecule has 0 saturated carbocycles. The summed E-state index contributed by atoms with van der Waals surface area (Å²) in [7, 11) is 0. The summed E-state index contributed by atoms with van der Waals surface area (Å²) < 4.78 is 13.5. The summed E-state index contributed by atoms with van der Waals surface area (Å²) in [5.41, 5.74) is 2.25. The van der Waals surface area contributed by atoms with E-state index >= 15 is 0 Å². The molecule has 0 unspecified atom stereocenters. The Bertz CT molecular complexity index is 331. The monoisotopic (exact) mass is 196 g/mol. The predicted molar refractivity (Wildman–Crippen MR) is 54.9 cm³/mol.